The van der Waals surface area contributed by atoms with Gasteiger partial charge in [0.15, 0.2) is 5.79 Å². The van der Waals surface area contributed by atoms with E-state index in [1.807, 2.05) is 18.2 Å². The highest BCUT2D eigenvalue weighted by atomic mass is 16.7. The van der Waals surface area contributed by atoms with Crippen molar-refractivity contribution in [1.29, 1.82) is 0 Å². The molecule has 2 unspecified atom stereocenters. The molecule has 156 valence electrons. The number of anilines is 1. The lowest BCUT2D eigenvalue weighted by Gasteiger charge is -2.38. The Morgan fingerprint density at radius 2 is 1.83 bits per heavy atom. The average molecular weight is 402 g/mol. The highest BCUT2D eigenvalue weighted by molar-refractivity contribution is 5.86. The number of rotatable bonds is 2. The third-order valence-electron chi connectivity index (χ3n) is 6.41. The summed E-state index contributed by atoms with van der Waals surface area (Å²) in [5.74, 6) is -0.740. The summed E-state index contributed by atoms with van der Waals surface area (Å²) in [6.45, 7) is 2.97. The summed E-state index contributed by atoms with van der Waals surface area (Å²) in [6.07, 6.45) is 1.65. The molecule has 0 bridgehead atoms. The number of fused-ring (bicyclic) bond motifs is 1. The first-order valence-corrected chi connectivity index (χ1v) is 10.2. The molecule has 3 aliphatic rings. The van der Waals surface area contributed by atoms with Crippen LogP contribution in [0.4, 0.5) is 5.69 Å². The average Bonchev–Trinajstić information content (AvgIpc) is 3.26. The Labute approximate surface area is 167 Å². The fourth-order valence-corrected chi connectivity index (χ4v) is 4.77. The minimum atomic E-state index is -0.841. The van der Waals surface area contributed by atoms with Gasteiger partial charge in [-0.15, -0.1) is 0 Å². The third-order valence-corrected chi connectivity index (χ3v) is 6.41. The number of piperidine rings is 2. The molecule has 2 atom stereocenters. The van der Waals surface area contributed by atoms with Crippen LogP contribution in [0.15, 0.2) is 23.0 Å². The molecule has 5 rings (SSSR count). The molecule has 1 aromatic heterocycles. The van der Waals surface area contributed by atoms with Gasteiger partial charge in [0.05, 0.1) is 24.2 Å². The van der Waals surface area contributed by atoms with Gasteiger partial charge in [0.1, 0.15) is 12.3 Å². The van der Waals surface area contributed by atoms with Gasteiger partial charge >= 0.3 is 5.69 Å². The summed E-state index contributed by atoms with van der Waals surface area (Å²) < 4.78 is 14.7. The topological polar surface area (TPSA) is 98.0 Å². The smallest absolute Gasteiger partial charge is 0.329 e. The molecule has 1 spiro atoms. The Morgan fingerprint density at radius 1 is 1.10 bits per heavy atom. The van der Waals surface area contributed by atoms with Gasteiger partial charge in [-0.1, -0.05) is 0 Å². The zero-order valence-electron chi connectivity index (χ0n) is 16.5. The van der Waals surface area contributed by atoms with E-state index in [2.05, 4.69) is 10.2 Å². The van der Waals surface area contributed by atoms with Gasteiger partial charge < -0.3 is 24.8 Å². The lowest BCUT2D eigenvalue weighted by molar-refractivity contribution is -0.169. The Morgan fingerprint density at radius 3 is 2.52 bits per heavy atom. The van der Waals surface area contributed by atoms with Crippen LogP contribution < -0.4 is 15.9 Å². The first-order valence-electron chi connectivity index (χ1n) is 10.2. The van der Waals surface area contributed by atoms with Crippen molar-refractivity contribution in [3.8, 4) is 0 Å². The van der Waals surface area contributed by atoms with Gasteiger partial charge in [-0.25, -0.2) is 4.79 Å². The fourth-order valence-electron chi connectivity index (χ4n) is 4.77. The van der Waals surface area contributed by atoms with Crippen molar-refractivity contribution in [2.24, 2.45) is 7.05 Å². The van der Waals surface area contributed by atoms with Gasteiger partial charge in [-0.3, -0.25) is 13.9 Å². The maximum absolute atomic E-state index is 12.9. The number of nitrogens with zero attached hydrogens (tertiary/aromatic N) is 3. The zero-order valence-corrected chi connectivity index (χ0v) is 16.5. The van der Waals surface area contributed by atoms with Crippen LogP contribution in [0.2, 0.25) is 0 Å². The van der Waals surface area contributed by atoms with Crippen LogP contribution in [0.1, 0.15) is 31.7 Å². The van der Waals surface area contributed by atoms with Gasteiger partial charge in [-0.2, -0.15) is 0 Å². The zero-order chi connectivity index (χ0) is 20.2. The highest BCUT2D eigenvalue weighted by Gasteiger charge is 2.40. The van der Waals surface area contributed by atoms with Crippen molar-refractivity contribution in [2.45, 2.75) is 43.7 Å². The van der Waals surface area contributed by atoms with Crippen molar-refractivity contribution < 1.29 is 19.4 Å². The van der Waals surface area contributed by atoms with E-state index in [0.29, 0.717) is 26.1 Å². The minimum absolute atomic E-state index is 0.223. The quantitative estimate of drug-likeness (QED) is 0.757. The molecule has 2 aromatic rings. The maximum atomic E-state index is 12.9. The van der Waals surface area contributed by atoms with Crippen molar-refractivity contribution in [2.75, 3.05) is 31.2 Å². The third kappa shape index (κ3) is 3.04. The summed E-state index contributed by atoms with van der Waals surface area (Å²) in [5, 5.41) is 12.2. The predicted octanol–water partition coefficient (Wildman–Crippen LogP) is 0.453. The molecule has 3 aliphatic heterocycles. The van der Waals surface area contributed by atoms with Gasteiger partial charge in [-0.05, 0) is 31.0 Å². The normalized spacial score (nSPS) is 27.0. The number of aliphatic hydroxyl groups excluding tert-OH is 1. The number of amides is 1. The van der Waals surface area contributed by atoms with E-state index in [0.717, 1.165) is 42.7 Å². The maximum Gasteiger partial charge on any atom is 0.329 e. The molecule has 3 fully saturated rings. The molecule has 1 amide bonds. The van der Waals surface area contributed by atoms with Crippen LogP contribution in [0, 0.1) is 0 Å². The van der Waals surface area contributed by atoms with E-state index in [4.69, 9.17) is 9.47 Å². The summed E-state index contributed by atoms with van der Waals surface area (Å²) >= 11 is 0. The van der Waals surface area contributed by atoms with E-state index in [9.17, 15) is 14.7 Å². The number of ether oxygens (including phenoxy) is 2. The number of hydrogen-bond acceptors (Lipinski definition) is 6. The molecular formula is C20H26N4O5. The molecule has 9 nitrogen and oxygen atoms in total. The van der Waals surface area contributed by atoms with Crippen LogP contribution in [-0.4, -0.2) is 58.5 Å². The molecule has 0 aliphatic carbocycles. The Hall–Kier alpha value is -2.36. The van der Waals surface area contributed by atoms with Crippen molar-refractivity contribution in [1.82, 2.24) is 14.5 Å². The molecule has 2 N–H and O–H groups in total. The SMILES string of the molecule is Cn1c(=O)n(C2CCC(O)NC2=O)c2ccc(N3CCC4(CC3)OCCO4)cc21. The van der Waals surface area contributed by atoms with Crippen LogP contribution in [0.5, 0.6) is 0 Å². The van der Waals surface area contributed by atoms with Crippen molar-refractivity contribution in [3.05, 3.63) is 28.7 Å². The van der Waals surface area contributed by atoms with E-state index in [1.165, 1.54) is 0 Å². The second-order valence-corrected chi connectivity index (χ2v) is 8.10. The number of carbonyl (C=O) groups excluding carboxylic acids is 1. The summed E-state index contributed by atoms with van der Waals surface area (Å²) in [6, 6.07) is 5.32. The lowest BCUT2D eigenvalue weighted by Crippen LogP contribution is -2.46. The van der Waals surface area contributed by atoms with Crippen LogP contribution >= 0.6 is 0 Å². The number of imidazole rings is 1. The van der Waals surface area contributed by atoms with Gasteiger partial charge in [0, 0.05) is 38.7 Å². The second-order valence-electron chi connectivity index (χ2n) is 8.10. The van der Waals surface area contributed by atoms with Crippen LogP contribution in [0.3, 0.4) is 0 Å². The largest absolute Gasteiger partial charge is 0.374 e. The van der Waals surface area contributed by atoms with Crippen LogP contribution in [0.25, 0.3) is 11.0 Å². The molecule has 0 radical (unpaired) electrons. The van der Waals surface area contributed by atoms with Gasteiger partial charge in [0.25, 0.3) is 0 Å². The molecular weight excluding hydrogens is 376 g/mol. The fraction of sp³-hybridized carbons (Fsp3) is 0.600. The molecule has 29 heavy (non-hydrogen) atoms. The Balaban J connectivity index is 1.45. The number of benzene rings is 1. The standard InChI is InChI=1S/C20H26N4O5/c1-22-16-12-13(23-8-6-20(7-9-23)28-10-11-29-20)2-3-14(16)24(19(22)27)15-4-5-17(25)21-18(15)26/h2-3,12,15,17,25H,4-11H2,1H3,(H,21,26). The number of aromatic nitrogens is 2. The first kappa shape index (κ1) is 18.7. The number of carbonyl (C=O) groups is 1. The molecule has 9 heteroatoms. The number of nitrogens with one attached hydrogen (secondary N) is 1. The second kappa shape index (κ2) is 6.86. The molecule has 1 aromatic carbocycles. The van der Waals surface area contributed by atoms with E-state index >= 15 is 0 Å². The molecule has 3 saturated heterocycles. The van der Waals surface area contributed by atoms with Gasteiger partial charge in [0.2, 0.25) is 5.91 Å². The van der Waals surface area contributed by atoms with E-state index in [1.54, 1.807) is 16.2 Å². The lowest BCUT2D eigenvalue weighted by atomic mass is 10.0. The van der Waals surface area contributed by atoms with E-state index < -0.39 is 18.1 Å². The Kier molecular flexibility index (Phi) is 4.41. The summed E-state index contributed by atoms with van der Waals surface area (Å²) in [5.41, 5.74) is 2.34. The minimum Gasteiger partial charge on any atom is -0.374 e. The van der Waals surface area contributed by atoms with Crippen molar-refractivity contribution >= 4 is 22.6 Å². The number of aryl methyl sites for hydroxylation is 1. The molecule has 4 heterocycles. The Bertz CT molecular complexity index is 996. The molecule has 0 saturated carbocycles. The van der Waals surface area contributed by atoms with E-state index in [-0.39, 0.29) is 11.6 Å². The number of hydrogen-bond donors (Lipinski definition) is 2. The number of aliphatic hydroxyl groups is 1. The highest BCUT2D eigenvalue weighted by Crippen LogP contribution is 2.34. The monoisotopic (exact) mass is 402 g/mol. The predicted molar refractivity (Wildman–Crippen MR) is 106 cm³/mol. The van der Waals surface area contributed by atoms with Crippen LogP contribution in [-0.2, 0) is 21.3 Å². The summed E-state index contributed by atoms with van der Waals surface area (Å²) in [4.78, 5) is 27.6. The van der Waals surface area contributed by atoms with Crippen molar-refractivity contribution in [3.63, 3.8) is 0 Å². The summed E-state index contributed by atoms with van der Waals surface area (Å²) in [7, 11) is 1.73. The first-order chi connectivity index (χ1) is 14.0.